The number of amides is 1. The minimum absolute atomic E-state index is 0.263. The molecule has 0 saturated heterocycles. The minimum atomic E-state index is -0.263. The van der Waals surface area contributed by atoms with Gasteiger partial charge in [0.2, 0.25) is 0 Å². The first-order valence-corrected chi connectivity index (χ1v) is 6.86. The van der Waals surface area contributed by atoms with Crippen molar-refractivity contribution in [2.75, 3.05) is 5.32 Å². The van der Waals surface area contributed by atoms with Gasteiger partial charge in [-0.15, -0.1) is 11.3 Å². The molecule has 17 heavy (non-hydrogen) atoms. The number of aromatic nitrogens is 1. The molecule has 3 nitrogen and oxygen atoms in total. The summed E-state index contributed by atoms with van der Waals surface area (Å²) in [6.45, 7) is 0. The molecule has 1 N–H and O–H groups in total. The van der Waals surface area contributed by atoms with Crippen LogP contribution in [-0.2, 0) is 0 Å². The molecule has 0 atom stereocenters. The summed E-state index contributed by atoms with van der Waals surface area (Å²) in [6, 6.07) is 3.35. The lowest BCUT2D eigenvalue weighted by Gasteiger charge is -2.04. The van der Waals surface area contributed by atoms with Crippen molar-refractivity contribution in [3.63, 3.8) is 0 Å². The van der Waals surface area contributed by atoms with Crippen LogP contribution in [0.2, 0.25) is 10.2 Å². The van der Waals surface area contributed by atoms with Gasteiger partial charge in [-0.25, -0.2) is 4.98 Å². The Bertz CT molecular complexity index is 573. The number of hydrogen-bond acceptors (Lipinski definition) is 3. The largest absolute Gasteiger partial charge is 0.320 e. The molecule has 0 aliphatic carbocycles. The quantitative estimate of drug-likeness (QED) is 0.811. The third-order valence-corrected chi connectivity index (χ3v) is 4.35. The Hall–Kier alpha value is -0.620. The maximum atomic E-state index is 11.8. The highest BCUT2D eigenvalue weighted by Gasteiger charge is 2.12. The van der Waals surface area contributed by atoms with Crippen LogP contribution in [0.4, 0.5) is 5.69 Å². The number of nitrogens with zero attached hydrogens (tertiary/aromatic N) is 1. The fourth-order valence-corrected chi connectivity index (χ4v) is 2.62. The van der Waals surface area contributed by atoms with Crippen LogP contribution in [0.5, 0.6) is 0 Å². The van der Waals surface area contributed by atoms with E-state index in [1.165, 1.54) is 17.5 Å². The SMILES string of the molecule is O=C(Nc1cnc(Cl)c(Br)c1)c1sccc1Cl. The van der Waals surface area contributed by atoms with E-state index in [-0.39, 0.29) is 5.91 Å². The summed E-state index contributed by atoms with van der Waals surface area (Å²) in [6.07, 6.45) is 1.48. The monoisotopic (exact) mass is 350 g/mol. The molecule has 0 aliphatic rings. The number of pyridine rings is 1. The summed E-state index contributed by atoms with van der Waals surface area (Å²) in [5.41, 5.74) is 0.552. The molecule has 0 saturated carbocycles. The molecule has 2 aromatic heterocycles. The van der Waals surface area contributed by atoms with Crippen molar-refractivity contribution in [1.82, 2.24) is 4.98 Å². The maximum absolute atomic E-state index is 11.8. The van der Waals surface area contributed by atoms with Gasteiger partial charge in [-0.2, -0.15) is 0 Å². The molecule has 7 heteroatoms. The lowest BCUT2D eigenvalue weighted by atomic mass is 10.4. The molecule has 1 amide bonds. The van der Waals surface area contributed by atoms with E-state index in [9.17, 15) is 4.79 Å². The Morgan fingerprint density at radius 1 is 1.47 bits per heavy atom. The standard InChI is InChI=1S/C10H5BrCl2N2OS/c11-6-3-5(4-14-9(6)13)15-10(16)8-7(12)1-2-17-8/h1-4H,(H,15,16). The number of hydrogen-bond donors (Lipinski definition) is 1. The molecule has 0 aliphatic heterocycles. The van der Waals surface area contributed by atoms with Crippen LogP contribution in [0.1, 0.15) is 9.67 Å². The molecular weight excluding hydrogens is 347 g/mol. The van der Waals surface area contributed by atoms with Gasteiger partial charge in [0.05, 0.1) is 21.4 Å². The van der Waals surface area contributed by atoms with Crippen LogP contribution in [0, 0.1) is 0 Å². The highest BCUT2D eigenvalue weighted by Crippen LogP contribution is 2.25. The van der Waals surface area contributed by atoms with E-state index in [1.54, 1.807) is 17.5 Å². The van der Waals surface area contributed by atoms with E-state index in [4.69, 9.17) is 23.2 Å². The lowest BCUT2D eigenvalue weighted by molar-refractivity contribution is 0.103. The minimum Gasteiger partial charge on any atom is -0.320 e. The van der Waals surface area contributed by atoms with Crippen molar-refractivity contribution in [2.45, 2.75) is 0 Å². The first-order valence-electron chi connectivity index (χ1n) is 4.43. The van der Waals surface area contributed by atoms with Crippen LogP contribution >= 0.6 is 50.5 Å². The Kier molecular flexibility index (Phi) is 4.04. The molecule has 0 aromatic carbocycles. The number of carbonyl (C=O) groups excluding carboxylic acids is 1. The van der Waals surface area contributed by atoms with Crippen molar-refractivity contribution in [1.29, 1.82) is 0 Å². The van der Waals surface area contributed by atoms with Gasteiger partial charge in [0, 0.05) is 0 Å². The van der Waals surface area contributed by atoms with Gasteiger partial charge in [-0.1, -0.05) is 23.2 Å². The van der Waals surface area contributed by atoms with E-state index in [0.29, 0.717) is 25.2 Å². The van der Waals surface area contributed by atoms with Crippen LogP contribution in [0.3, 0.4) is 0 Å². The van der Waals surface area contributed by atoms with Crippen molar-refractivity contribution in [3.05, 3.63) is 43.2 Å². The van der Waals surface area contributed by atoms with E-state index < -0.39 is 0 Å². The van der Waals surface area contributed by atoms with E-state index in [1.807, 2.05) is 0 Å². The fraction of sp³-hybridized carbons (Fsp3) is 0. The van der Waals surface area contributed by atoms with Gasteiger partial charge in [0.25, 0.3) is 5.91 Å². The zero-order chi connectivity index (χ0) is 12.4. The molecular formula is C10H5BrCl2N2OS. The number of thiophene rings is 1. The maximum Gasteiger partial charge on any atom is 0.267 e. The first kappa shape index (κ1) is 12.8. The summed E-state index contributed by atoms with van der Waals surface area (Å²) in [5.74, 6) is -0.263. The fourth-order valence-electron chi connectivity index (χ4n) is 1.13. The number of halogens is 3. The summed E-state index contributed by atoms with van der Waals surface area (Å²) in [5, 5.41) is 5.23. The third-order valence-electron chi connectivity index (χ3n) is 1.88. The summed E-state index contributed by atoms with van der Waals surface area (Å²) >= 11 is 16.1. The highest BCUT2D eigenvalue weighted by atomic mass is 79.9. The lowest BCUT2D eigenvalue weighted by Crippen LogP contribution is -2.10. The molecule has 0 fully saturated rings. The summed E-state index contributed by atoms with van der Waals surface area (Å²) in [4.78, 5) is 16.2. The van der Waals surface area contributed by atoms with Gasteiger partial charge in [-0.3, -0.25) is 4.79 Å². The van der Waals surface area contributed by atoms with Gasteiger partial charge in [0.1, 0.15) is 10.0 Å². The normalized spacial score (nSPS) is 10.3. The topological polar surface area (TPSA) is 42.0 Å². The molecule has 2 rings (SSSR count). The summed E-state index contributed by atoms with van der Waals surface area (Å²) < 4.78 is 0.620. The van der Waals surface area contributed by atoms with Crippen molar-refractivity contribution in [2.24, 2.45) is 0 Å². The van der Waals surface area contributed by atoms with Gasteiger partial charge in [0.15, 0.2) is 0 Å². The number of nitrogens with one attached hydrogen (secondary N) is 1. The Balaban J connectivity index is 2.19. The van der Waals surface area contributed by atoms with Gasteiger partial charge >= 0.3 is 0 Å². The van der Waals surface area contributed by atoms with E-state index in [2.05, 4.69) is 26.2 Å². The third kappa shape index (κ3) is 2.98. The molecule has 88 valence electrons. The second kappa shape index (κ2) is 5.35. The Labute approximate surface area is 120 Å². The van der Waals surface area contributed by atoms with Crippen LogP contribution in [0.25, 0.3) is 0 Å². The Morgan fingerprint density at radius 2 is 2.24 bits per heavy atom. The van der Waals surface area contributed by atoms with Gasteiger partial charge in [-0.05, 0) is 33.4 Å². The average molecular weight is 352 g/mol. The predicted molar refractivity (Wildman–Crippen MR) is 74.2 cm³/mol. The zero-order valence-electron chi connectivity index (χ0n) is 8.21. The van der Waals surface area contributed by atoms with E-state index >= 15 is 0 Å². The van der Waals surface area contributed by atoms with E-state index in [0.717, 1.165) is 0 Å². The van der Waals surface area contributed by atoms with Crippen LogP contribution in [0.15, 0.2) is 28.2 Å². The zero-order valence-corrected chi connectivity index (χ0v) is 12.1. The summed E-state index contributed by atoms with van der Waals surface area (Å²) in [7, 11) is 0. The Morgan fingerprint density at radius 3 is 2.82 bits per heavy atom. The molecule has 2 heterocycles. The van der Waals surface area contributed by atoms with Crippen molar-refractivity contribution < 1.29 is 4.79 Å². The van der Waals surface area contributed by atoms with Crippen LogP contribution in [-0.4, -0.2) is 10.9 Å². The highest BCUT2D eigenvalue weighted by molar-refractivity contribution is 9.10. The second-order valence-corrected chi connectivity index (χ2v) is 5.58. The number of rotatable bonds is 2. The molecule has 2 aromatic rings. The average Bonchev–Trinajstić information content (AvgIpc) is 2.70. The predicted octanol–water partition coefficient (Wildman–Crippen LogP) is 4.46. The molecule has 0 radical (unpaired) electrons. The van der Waals surface area contributed by atoms with Crippen molar-refractivity contribution >= 4 is 62.1 Å². The van der Waals surface area contributed by atoms with Crippen LogP contribution < -0.4 is 5.32 Å². The molecule has 0 bridgehead atoms. The molecule has 0 unspecified atom stereocenters. The smallest absolute Gasteiger partial charge is 0.267 e. The molecule has 0 spiro atoms. The number of anilines is 1. The number of carbonyl (C=O) groups is 1. The van der Waals surface area contributed by atoms with Gasteiger partial charge < -0.3 is 5.32 Å². The first-order chi connectivity index (χ1) is 8.08. The van der Waals surface area contributed by atoms with Crippen molar-refractivity contribution in [3.8, 4) is 0 Å². The second-order valence-electron chi connectivity index (χ2n) is 3.05.